The maximum atomic E-state index is 13.2. The zero-order chi connectivity index (χ0) is 29.3. The summed E-state index contributed by atoms with van der Waals surface area (Å²) >= 11 is 2.51. The van der Waals surface area contributed by atoms with Crippen LogP contribution in [-0.4, -0.2) is 81.7 Å². The molecule has 13 heteroatoms. The molecule has 4 amide bonds. The second kappa shape index (κ2) is 15.3. The maximum absolute atomic E-state index is 13.2. The Morgan fingerprint density at radius 1 is 0.974 bits per heavy atom. The Morgan fingerprint density at radius 2 is 1.64 bits per heavy atom. The minimum absolute atomic E-state index is 0.0131. The lowest BCUT2D eigenvalue weighted by Crippen LogP contribution is -2.59. The van der Waals surface area contributed by atoms with Crippen molar-refractivity contribution in [2.45, 2.75) is 89.9 Å². The molecule has 0 saturated carbocycles. The largest absolute Gasteiger partial charge is 0.456 e. The third-order valence-corrected chi connectivity index (χ3v) is 8.46. The van der Waals surface area contributed by atoms with E-state index in [1.54, 1.807) is 46.8 Å². The molecule has 0 spiro atoms. The quantitative estimate of drug-likeness (QED) is 0.202. The van der Waals surface area contributed by atoms with Crippen LogP contribution in [0, 0.1) is 11.8 Å². The Hall–Kier alpha value is -2.54. The highest BCUT2D eigenvalue weighted by Gasteiger charge is 2.39. The van der Waals surface area contributed by atoms with E-state index in [2.05, 4.69) is 21.3 Å². The van der Waals surface area contributed by atoms with Gasteiger partial charge in [-0.05, 0) is 24.3 Å². The van der Waals surface area contributed by atoms with Crippen LogP contribution in [0.25, 0.3) is 0 Å². The fourth-order valence-electron chi connectivity index (χ4n) is 4.02. The summed E-state index contributed by atoms with van der Waals surface area (Å²) in [5.74, 6) is -2.67. The number of rotatable bonds is 6. The summed E-state index contributed by atoms with van der Waals surface area (Å²) in [6.45, 7) is 10.3. The van der Waals surface area contributed by atoms with Crippen molar-refractivity contribution in [1.29, 1.82) is 0 Å². The molecule has 2 rings (SSSR count). The van der Waals surface area contributed by atoms with Crippen LogP contribution < -0.4 is 21.3 Å². The molecule has 4 N–H and O–H groups in total. The number of amides is 4. The number of fused-ring (bicyclic) bond motifs is 3. The lowest BCUT2D eigenvalue weighted by molar-refractivity contribution is -0.153. The molecule has 2 heterocycles. The number of thioether (sulfide) groups is 2. The van der Waals surface area contributed by atoms with Crippen LogP contribution in [0.1, 0.15) is 54.4 Å². The zero-order valence-corrected chi connectivity index (χ0v) is 24.9. The Bertz CT molecular complexity index is 972. The molecule has 0 aromatic carbocycles. The number of carbonyl (C=O) groups excluding carboxylic acids is 6. The second-order valence-corrected chi connectivity index (χ2v) is 13.0. The van der Waals surface area contributed by atoms with Crippen LogP contribution in [0.4, 0.5) is 0 Å². The standard InChI is InChI=1S/C26H40N4O7S2/c1-13(2)20-24(34)27-18-12-39-15(5)22(30-23(18)33)25(35)29-21(14(3)4)26(36)37-17(11-19(32)28-20)9-7-8-10-38-16(6)31/h7,9,13-15,17-18,20-22H,8,10-12H2,1-6H3,(H,27,34)(H,28,32)(H,29,35)(H,30,33)/t15?,17-,18-,20-,21+,22?/m1/s1. The predicted molar refractivity (Wildman–Crippen MR) is 151 cm³/mol. The van der Waals surface area contributed by atoms with Gasteiger partial charge in [0.25, 0.3) is 0 Å². The second-order valence-electron chi connectivity index (χ2n) is 10.3. The average molecular weight is 585 g/mol. The van der Waals surface area contributed by atoms with Crippen molar-refractivity contribution in [3.05, 3.63) is 12.2 Å². The Kier molecular flexibility index (Phi) is 12.8. The third-order valence-electron chi connectivity index (χ3n) is 6.29. The highest BCUT2D eigenvalue weighted by atomic mass is 32.2. The molecule has 0 aromatic heterocycles. The van der Waals surface area contributed by atoms with E-state index in [1.165, 1.54) is 18.7 Å². The average Bonchev–Trinajstić information content (AvgIpc) is 2.97. The van der Waals surface area contributed by atoms with Gasteiger partial charge >= 0.3 is 5.97 Å². The first-order valence-corrected chi connectivity index (χ1v) is 15.2. The molecule has 6 atom stereocenters. The van der Waals surface area contributed by atoms with Gasteiger partial charge in [-0.15, -0.1) is 0 Å². The number of hydrogen-bond donors (Lipinski definition) is 4. The number of hydrogen-bond acceptors (Lipinski definition) is 9. The Balaban J connectivity index is 2.40. The van der Waals surface area contributed by atoms with Crippen molar-refractivity contribution >= 4 is 58.2 Å². The number of carbonyl (C=O) groups is 6. The van der Waals surface area contributed by atoms with Crippen molar-refractivity contribution < 1.29 is 33.5 Å². The van der Waals surface area contributed by atoms with Crippen LogP contribution in [0.15, 0.2) is 12.2 Å². The lowest BCUT2D eigenvalue weighted by atomic mass is 10.0. The fraction of sp³-hybridized carbons (Fsp3) is 0.692. The summed E-state index contributed by atoms with van der Waals surface area (Å²) in [7, 11) is 0. The van der Waals surface area contributed by atoms with Gasteiger partial charge in [0.05, 0.1) is 6.42 Å². The lowest BCUT2D eigenvalue weighted by Gasteiger charge is -2.28. The molecule has 11 nitrogen and oxygen atoms in total. The van der Waals surface area contributed by atoms with Gasteiger partial charge in [0.1, 0.15) is 30.3 Å². The van der Waals surface area contributed by atoms with Crippen molar-refractivity contribution in [3.8, 4) is 0 Å². The summed E-state index contributed by atoms with van der Waals surface area (Å²) in [6.07, 6.45) is 2.61. The van der Waals surface area contributed by atoms with Gasteiger partial charge in [0.2, 0.25) is 23.6 Å². The van der Waals surface area contributed by atoms with Gasteiger partial charge in [-0.25, -0.2) is 4.79 Å². The molecule has 0 aliphatic carbocycles. The van der Waals surface area contributed by atoms with E-state index < -0.39 is 59.9 Å². The summed E-state index contributed by atoms with van der Waals surface area (Å²) in [6, 6.07) is -3.78. The van der Waals surface area contributed by atoms with E-state index in [1.807, 2.05) is 0 Å². The maximum Gasteiger partial charge on any atom is 0.329 e. The minimum atomic E-state index is -1.02. The third kappa shape index (κ3) is 10.2. The van der Waals surface area contributed by atoms with Gasteiger partial charge in [-0.3, -0.25) is 24.0 Å². The molecule has 2 saturated heterocycles. The predicted octanol–water partition coefficient (Wildman–Crippen LogP) is 0.914. The number of ether oxygens (including phenoxy) is 1. The van der Waals surface area contributed by atoms with Gasteiger partial charge in [-0.2, -0.15) is 11.8 Å². The highest BCUT2D eigenvalue weighted by molar-refractivity contribution is 8.13. The topological polar surface area (TPSA) is 160 Å². The summed E-state index contributed by atoms with van der Waals surface area (Å²) in [5.41, 5.74) is 0. The SMILES string of the molecule is CC(=O)SCCC=C[C@@H]1CC(=O)N[C@H](C(C)C)C(=O)N[C@@H]2CSC(C)C(NC2=O)C(=O)N[C@@H](C(C)C)C(=O)O1. The Labute approximate surface area is 238 Å². The molecule has 2 unspecified atom stereocenters. The van der Waals surface area contributed by atoms with Crippen molar-refractivity contribution in [2.24, 2.45) is 11.8 Å². The molecular weight excluding hydrogens is 544 g/mol. The van der Waals surface area contributed by atoms with Crippen molar-refractivity contribution in [3.63, 3.8) is 0 Å². The zero-order valence-electron chi connectivity index (χ0n) is 23.3. The number of esters is 1. The monoisotopic (exact) mass is 584 g/mol. The smallest absolute Gasteiger partial charge is 0.329 e. The Morgan fingerprint density at radius 3 is 2.26 bits per heavy atom. The highest BCUT2D eigenvalue weighted by Crippen LogP contribution is 2.21. The van der Waals surface area contributed by atoms with Gasteiger partial charge < -0.3 is 26.0 Å². The molecule has 2 aliphatic heterocycles. The van der Waals surface area contributed by atoms with E-state index in [9.17, 15) is 28.8 Å². The minimum Gasteiger partial charge on any atom is -0.456 e. The van der Waals surface area contributed by atoms with Crippen molar-refractivity contribution in [1.82, 2.24) is 21.3 Å². The number of nitrogens with one attached hydrogen (secondary N) is 4. The fourth-order valence-corrected chi connectivity index (χ4v) is 5.68. The van der Waals surface area contributed by atoms with Crippen LogP contribution in [-0.2, 0) is 33.5 Å². The van der Waals surface area contributed by atoms with E-state index in [0.29, 0.717) is 12.2 Å². The number of allylic oxidation sites excluding steroid dienone is 1. The normalized spacial score (nSPS) is 29.5. The summed E-state index contributed by atoms with van der Waals surface area (Å²) in [4.78, 5) is 76.7. The molecule has 2 fully saturated rings. The van der Waals surface area contributed by atoms with E-state index in [4.69, 9.17) is 4.74 Å². The van der Waals surface area contributed by atoms with Crippen LogP contribution in [0.5, 0.6) is 0 Å². The van der Waals surface area contributed by atoms with Gasteiger partial charge in [-0.1, -0.05) is 52.5 Å². The van der Waals surface area contributed by atoms with Gasteiger partial charge in [0, 0.05) is 23.7 Å². The van der Waals surface area contributed by atoms with Crippen molar-refractivity contribution in [2.75, 3.05) is 11.5 Å². The number of cyclic esters (lactones) is 1. The molecule has 0 radical (unpaired) electrons. The summed E-state index contributed by atoms with van der Waals surface area (Å²) < 4.78 is 5.68. The molecule has 39 heavy (non-hydrogen) atoms. The first kappa shape index (κ1) is 32.7. The van der Waals surface area contributed by atoms with Crippen LogP contribution >= 0.6 is 23.5 Å². The molecule has 2 aliphatic rings. The van der Waals surface area contributed by atoms with E-state index >= 15 is 0 Å². The molecular formula is C26H40N4O7S2. The van der Waals surface area contributed by atoms with E-state index in [0.717, 1.165) is 11.8 Å². The van der Waals surface area contributed by atoms with Crippen LogP contribution in [0.3, 0.4) is 0 Å². The molecule has 0 aromatic rings. The molecule has 218 valence electrons. The van der Waals surface area contributed by atoms with E-state index in [-0.39, 0.29) is 34.4 Å². The summed E-state index contributed by atoms with van der Waals surface area (Å²) in [5, 5.41) is 10.5. The molecule has 2 bridgehead atoms. The first-order valence-electron chi connectivity index (χ1n) is 13.1. The van der Waals surface area contributed by atoms with Gasteiger partial charge in [0.15, 0.2) is 5.12 Å². The van der Waals surface area contributed by atoms with Crippen LogP contribution in [0.2, 0.25) is 0 Å². The first-order chi connectivity index (χ1) is 18.3.